The number of para-hydroxylation sites is 2. The van der Waals surface area contributed by atoms with E-state index in [1.54, 1.807) is 30.3 Å². The highest BCUT2D eigenvalue weighted by molar-refractivity contribution is 7.92. The Kier molecular flexibility index (Phi) is 5.30. The minimum Gasteiger partial charge on any atom is -0.393 e. The van der Waals surface area contributed by atoms with Crippen LogP contribution in [0.3, 0.4) is 0 Å². The predicted octanol–water partition coefficient (Wildman–Crippen LogP) is 3.51. The molecule has 0 atom stereocenters. The summed E-state index contributed by atoms with van der Waals surface area (Å²) in [7, 11) is -3.63. The maximum absolute atomic E-state index is 12.6. The number of rotatable bonds is 5. The highest BCUT2D eigenvalue weighted by Gasteiger charge is 2.21. The number of nitrogens with one attached hydrogen (secondary N) is 2. The Labute approximate surface area is 149 Å². The quantitative estimate of drug-likeness (QED) is 0.762. The summed E-state index contributed by atoms with van der Waals surface area (Å²) in [6, 6.07) is 14.3. The van der Waals surface area contributed by atoms with Gasteiger partial charge in [-0.05, 0) is 56.9 Å². The van der Waals surface area contributed by atoms with Crippen molar-refractivity contribution < 1.29 is 13.5 Å². The van der Waals surface area contributed by atoms with Crippen molar-refractivity contribution in [3.8, 4) is 0 Å². The van der Waals surface area contributed by atoms with E-state index in [4.69, 9.17) is 0 Å². The SMILES string of the molecule is Cc1ccc(S(=O)(=O)Nc2ccccc2NC2CCC(O)CC2)cc1. The summed E-state index contributed by atoms with van der Waals surface area (Å²) in [4.78, 5) is 0.244. The molecule has 0 heterocycles. The molecule has 0 radical (unpaired) electrons. The zero-order valence-corrected chi connectivity index (χ0v) is 15.1. The molecular formula is C19H24N2O3S. The van der Waals surface area contributed by atoms with Crippen LogP contribution in [0.15, 0.2) is 53.4 Å². The first-order valence-electron chi connectivity index (χ1n) is 8.57. The molecule has 3 rings (SSSR count). The molecule has 0 aromatic heterocycles. The lowest BCUT2D eigenvalue weighted by molar-refractivity contribution is 0.126. The molecule has 3 N–H and O–H groups in total. The molecule has 25 heavy (non-hydrogen) atoms. The lowest BCUT2D eigenvalue weighted by Crippen LogP contribution is -2.28. The summed E-state index contributed by atoms with van der Waals surface area (Å²) in [5, 5.41) is 13.0. The van der Waals surface area contributed by atoms with Gasteiger partial charge in [-0.3, -0.25) is 4.72 Å². The molecule has 134 valence electrons. The smallest absolute Gasteiger partial charge is 0.261 e. The lowest BCUT2D eigenvalue weighted by atomic mass is 9.93. The first-order chi connectivity index (χ1) is 11.9. The van der Waals surface area contributed by atoms with Crippen LogP contribution in [0.4, 0.5) is 11.4 Å². The molecule has 1 aliphatic carbocycles. The zero-order chi connectivity index (χ0) is 17.9. The minimum absolute atomic E-state index is 0.215. The molecule has 2 aromatic carbocycles. The van der Waals surface area contributed by atoms with Gasteiger partial charge in [0.1, 0.15) is 0 Å². The van der Waals surface area contributed by atoms with Crippen LogP contribution in [0.1, 0.15) is 31.2 Å². The Balaban J connectivity index is 1.77. The van der Waals surface area contributed by atoms with Gasteiger partial charge in [0.2, 0.25) is 0 Å². The van der Waals surface area contributed by atoms with E-state index in [0.717, 1.165) is 36.9 Å². The van der Waals surface area contributed by atoms with E-state index in [2.05, 4.69) is 10.0 Å². The van der Waals surface area contributed by atoms with Crippen LogP contribution < -0.4 is 10.0 Å². The molecule has 0 spiro atoms. The molecule has 0 aliphatic heterocycles. The number of aryl methyl sites for hydroxylation is 1. The fourth-order valence-electron chi connectivity index (χ4n) is 3.06. The van der Waals surface area contributed by atoms with Crippen molar-refractivity contribution >= 4 is 21.4 Å². The highest BCUT2D eigenvalue weighted by Crippen LogP contribution is 2.28. The number of hydrogen-bond donors (Lipinski definition) is 3. The maximum atomic E-state index is 12.6. The van der Waals surface area contributed by atoms with Crippen LogP contribution in [0.5, 0.6) is 0 Å². The van der Waals surface area contributed by atoms with Crippen LogP contribution in [-0.2, 0) is 10.0 Å². The molecule has 2 aromatic rings. The van der Waals surface area contributed by atoms with Crippen LogP contribution in [0.25, 0.3) is 0 Å². The average Bonchev–Trinajstić information content (AvgIpc) is 2.59. The van der Waals surface area contributed by atoms with Crippen molar-refractivity contribution in [2.45, 2.75) is 49.6 Å². The molecular weight excluding hydrogens is 336 g/mol. The third-order valence-corrected chi connectivity index (χ3v) is 5.94. The van der Waals surface area contributed by atoms with E-state index in [9.17, 15) is 13.5 Å². The van der Waals surface area contributed by atoms with E-state index in [1.807, 2.05) is 25.1 Å². The standard InChI is InChI=1S/C19H24N2O3S/c1-14-6-12-17(13-7-14)25(23,24)21-19-5-3-2-4-18(19)20-15-8-10-16(22)11-9-15/h2-7,12-13,15-16,20-22H,8-11H2,1H3. The van der Waals surface area contributed by atoms with Gasteiger partial charge in [0.25, 0.3) is 10.0 Å². The predicted molar refractivity (Wildman–Crippen MR) is 100 cm³/mol. The number of aliphatic hydroxyl groups is 1. The van der Waals surface area contributed by atoms with Gasteiger partial charge in [0.05, 0.1) is 22.4 Å². The first kappa shape index (κ1) is 17.8. The lowest BCUT2D eigenvalue weighted by Gasteiger charge is -2.28. The maximum Gasteiger partial charge on any atom is 0.261 e. The monoisotopic (exact) mass is 360 g/mol. The van der Waals surface area contributed by atoms with Crippen LogP contribution >= 0.6 is 0 Å². The van der Waals surface area contributed by atoms with Gasteiger partial charge >= 0.3 is 0 Å². The summed E-state index contributed by atoms with van der Waals surface area (Å²) < 4.78 is 27.9. The van der Waals surface area contributed by atoms with E-state index in [0.29, 0.717) is 5.69 Å². The summed E-state index contributed by atoms with van der Waals surface area (Å²) in [5.41, 5.74) is 2.31. The molecule has 1 aliphatic rings. The Hall–Kier alpha value is -2.05. The Bertz CT molecular complexity index is 811. The van der Waals surface area contributed by atoms with Gasteiger partial charge in [-0.25, -0.2) is 8.42 Å². The molecule has 5 nitrogen and oxygen atoms in total. The van der Waals surface area contributed by atoms with E-state index in [1.165, 1.54) is 0 Å². The molecule has 1 saturated carbocycles. The minimum atomic E-state index is -3.63. The Morgan fingerprint density at radius 2 is 1.52 bits per heavy atom. The first-order valence-corrected chi connectivity index (χ1v) is 10.1. The van der Waals surface area contributed by atoms with Gasteiger partial charge in [-0.15, -0.1) is 0 Å². The Morgan fingerprint density at radius 1 is 0.920 bits per heavy atom. The summed E-state index contributed by atoms with van der Waals surface area (Å²) in [5.74, 6) is 0. The van der Waals surface area contributed by atoms with Gasteiger partial charge in [-0.2, -0.15) is 0 Å². The zero-order valence-electron chi connectivity index (χ0n) is 14.3. The van der Waals surface area contributed by atoms with Crippen LogP contribution in [0, 0.1) is 6.92 Å². The average molecular weight is 360 g/mol. The second-order valence-corrected chi connectivity index (χ2v) is 8.30. The second-order valence-electron chi connectivity index (χ2n) is 6.61. The second kappa shape index (κ2) is 7.45. The third kappa shape index (κ3) is 4.52. The topological polar surface area (TPSA) is 78.4 Å². The summed E-state index contributed by atoms with van der Waals surface area (Å²) in [6.45, 7) is 1.92. The largest absolute Gasteiger partial charge is 0.393 e. The van der Waals surface area contributed by atoms with Crippen molar-refractivity contribution in [1.29, 1.82) is 0 Å². The molecule has 0 bridgehead atoms. The number of benzene rings is 2. The number of aliphatic hydroxyl groups excluding tert-OH is 1. The molecule has 0 unspecified atom stereocenters. The van der Waals surface area contributed by atoms with Crippen molar-refractivity contribution in [3.63, 3.8) is 0 Å². The van der Waals surface area contributed by atoms with Gasteiger partial charge in [-0.1, -0.05) is 29.8 Å². The Morgan fingerprint density at radius 3 is 2.16 bits per heavy atom. The van der Waals surface area contributed by atoms with Crippen molar-refractivity contribution in [1.82, 2.24) is 0 Å². The molecule has 0 amide bonds. The van der Waals surface area contributed by atoms with E-state index < -0.39 is 10.0 Å². The molecule has 0 saturated heterocycles. The van der Waals surface area contributed by atoms with Gasteiger partial charge < -0.3 is 10.4 Å². The van der Waals surface area contributed by atoms with Crippen LogP contribution in [0.2, 0.25) is 0 Å². The fraction of sp³-hybridized carbons (Fsp3) is 0.368. The van der Waals surface area contributed by atoms with E-state index in [-0.39, 0.29) is 17.0 Å². The third-order valence-electron chi connectivity index (χ3n) is 4.56. The normalized spacial score (nSPS) is 20.9. The number of anilines is 2. The van der Waals surface area contributed by atoms with Crippen molar-refractivity contribution in [3.05, 3.63) is 54.1 Å². The van der Waals surface area contributed by atoms with Crippen molar-refractivity contribution in [2.75, 3.05) is 10.0 Å². The van der Waals surface area contributed by atoms with Gasteiger partial charge in [0.15, 0.2) is 0 Å². The van der Waals surface area contributed by atoms with Crippen LogP contribution in [-0.4, -0.2) is 25.7 Å². The number of hydrogen-bond acceptors (Lipinski definition) is 4. The molecule has 6 heteroatoms. The summed E-state index contributed by atoms with van der Waals surface area (Å²) >= 11 is 0. The highest BCUT2D eigenvalue weighted by atomic mass is 32.2. The molecule has 1 fully saturated rings. The van der Waals surface area contributed by atoms with Gasteiger partial charge in [0, 0.05) is 6.04 Å². The van der Waals surface area contributed by atoms with Crippen molar-refractivity contribution in [2.24, 2.45) is 0 Å². The number of sulfonamides is 1. The fourth-order valence-corrected chi connectivity index (χ4v) is 4.14. The summed E-state index contributed by atoms with van der Waals surface area (Å²) in [6.07, 6.45) is 3.08. The van der Waals surface area contributed by atoms with E-state index >= 15 is 0 Å².